The van der Waals surface area contributed by atoms with Crippen molar-refractivity contribution < 1.29 is 0 Å². The average molecular weight is 655 g/mol. The van der Waals surface area contributed by atoms with Gasteiger partial charge in [-0.05, 0) is 89.2 Å². The van der Waals surface area contributed by atoms with Crippen molar-refractivity contribution in [3.05, 3.63) is 194 Å². The van der Waals surface area contributed by atoms with Gasteiger partial charge in [0.2, 0.25) is 0 Å². The van der Waals surface area contributed by atoms with E-state index in [-0.39, 0.29) is 5.92 Å². The zero-order valence-corrected chi connectivity index (χ0v) is 28.9. The topological polar surface area (TPSA) is 9.86 Å². The fraction of sp³-hybridized carbons (Fsp3) is 0.0612. The van der Waals surface area contributed by atoms with E-state index in [1.165, 1.54) is 82.8 Å². The van der Waals surface area contributed by atoms with Crippen molar-refractivity contribution in [1.82, 2.24) is 9.13 Å². The summed E-state index contributed by atoms with van der Waals surface area (Å²) in [5.74, 6) is 0.246. The lowest BCUT2D eigenvalue weighted by molar-refractivity contribution is 0.963. The van der Waals surface area contributed by atoms with Gasteiger partial charge in [-0.3, -0.25) is 0 Å². The van der Waals surface area contributed by atoms with Crippen LogP contribution in [0.1, 0.15) is 25.3 Å². The van der Waals surface area contributed by atoms with Crippen LogP contribution >= 0.6 is 0 Å². The summed E-state index contributed by atoms with van der Waals surface area (Å²) in [6.07, 6.45) is 8.61. The maximum absolute atomic E-state index is 2.46. The third kappa shape index (κ3) is 5.37. The third-order valence-corrected chi connectivity index (χ3v) is 10.2. The number of benzene rings is 7. The Morgan fingerprint density at radius 3 is 1.55 bits per heavy atom. The second-order valence-electron chi connectivity index (χ2n) is 13.4. The molecule has 0 saturated carbocycles. The van der Waals surface area contributed by atoms with Crippen molar-refractivity contribution in [2.45, 2.75) is 19.8 Å². The number of aromatic nitrogens is 2. The van der Waals surface area contributed by atoms with Gasteiger partial charge in [-0.1, -0.05) is 146 Å². The summed E-state index contributed by atoms with van der Waals surface area (Å²) in [7, 11) is 0. The fourth-order valence-corrected chi connectivity index (χ4v) is 7.71. The van der Waals surface area contributed by atoms with E-state index in [1.807, 2.05) is 0 Å². The highest BCUT2D eigenvalue weighted by Gasteiger charge is 2.17. The van der Waals surface area contributed by atoms with E-state index < -0.39 is 0 Å². The maximum atomic E-state index is 2.46. The minimum atomic E-state index is 0.246. The van der Waals surface area contributed by atoms with Gasteiger partial charge in [-0.2, -0.15) is 0 Å². The molecule has 2 nitrogen and oxygen atoms in total. The molecule has 2 heterocycles. The monoisotopic (exact) mass is 654 g/mol. The predicted octanol–water partition coefficient (Wildman–Crippen LogP) is 13.5. The van der Waals surface area contributed by atoms with Crippen LogP contribution in [-0.4, -0.2) is 9.13 Å². The van der Waals surface area contributed by atoms with Gasteiger partial charge in [0.1, 0.15) is 0 Å². The Hall–Kier alpha value is -6.38. The van der Waals surface area contributed by atoms with Crippen LogP contribution in [0.3, 0.4) is 0 Å². The Bertz CT molecular complexity index is 2760. The SMILES string of the molecule is C/C=C\C=C/C(C)c1cc(-c2ccccc2)cc(-n2c3ccccc3c3ccc(-c4ccc5c6ccccc6n(-c6ccccc6)c5c4)cc32)c1. The van der Waals surface area contributed by atoms with E-state index >= 15 is 0 Å². The highest BCUT2D eigenvalue weighted by Crippen LogP contribution is 2.39. The largest absolute Gasteiger partial charge is 0.309 e. The number of nitrogens with zero attached hydrogens (tertiary/aromatic N) is 2. The lowest BCUT2D eigenvalue weighted by Crippen LogP contribution is -1.99. The van der Waals surface area contributed by atoms with Crippen molar-refractivity contribution in [3.63, 3.8) is 0 Å². The quantitative estimate of drug-likeness (QED) is 0.151. The molecule has 0 aliphatic rings. The third-order valence-electron chi connectivity index (χ3n) is 10.2. The van der Waals surface area contributed by atoms with Crippen molar-refractivity contribution in [1.29, 1.82) is 0 Å². The molecule has 0 bridgehead atoms. The molecule has 0 fully saturated rings. The van der Waals surface area contributed by atoms with Crippen molar-refractivity contribution in [2.75, 3.05) is 0 Å². The molecule has 9 aromatic rings. The summed E-state index contributed by atoms with van der Waals surface area (Å²) in [6.45, 7) is 4.34. The number of para-hydroxylation sites is 3. The Labute approximate surface area is 298 Å². The first kappa shape index (κ1) is 30.7. The normalized spacial score (nSPS) is 12.7. The molecule has 0 amide bonds. The average Bonchev–Trinajstić information content (AvgIpc) is 3.70. The molecule has 1 atom stereocenters. The van der Waals surface area contributed by atoms with Gasteiger partial charge in [0.05, 0.1) is 22.1 Å². The summed E-state index contributed by atoms with van der Waals surface area (Å²) in [5, 5.41) is 5.03. The molecule has 0 aliphatic heterocycles. The van der Waals surface area contributed by atoms with Gasteiger partial charge in [-0.25, -0.2) is 0 Å². The summed E-state index contributed by atoms with van der Waals surface area (Å²) in [5.41, 5.74) is 13.3. The molecule has 0 N–H and O–H groups in total. The minimum absolute atomic E-state index is 0.246. The van der Waals surface area contributed by atoms with Gasteiger partial charge in [-0.15, -0.1) is 0 Å². The highest BCUT2D eigenvalue weighted by atomic mass is 15.0. The molecule has 2 aromatic heterocycles. The van der Waals surface area contributed by atoms with Gasteiger partial charge in [0, 0.05) is 32.9 Å². The molecule has 1 unspecified atom stereocenters. The molecule has 2 heteroatoms. The number of allylic oxidation sites excluding steroid dienone is 4. The Kier molecular flexibility index (Phi) is 7.71. The molecule has 7 aromatic carbocycles. The Morgan fingerprint density at radius 1 is 0.412 bits per heavy atom. The molecular weight excluding hydrogens is 617 g/mol. The number of rotatable bonds is 7. The smallest absolute Gasteiger partial charge is 0.0547 e. The van der Waals surface area contributed by atoms with E-state index in [2.05, 4.69) is 211 Å². The first-order valence-corrected chi connectivity index (χ1v) is 17.8. The van der Waals surface area contributed by atoms with Crippen molar-refractivity contribution in [2.24, 2.45) is 0 Å². The summed E-state index contributed by atoms with van der Waals surface area (Å²) in [4.78, 5) is 0. The molecule has 51 heavy (non-hydrogen) atoms. The first-order valence-electron chi connectivity index (χ1n) is 17.8. The molecule has 0 spiro atoms. The van der Waals surface area contributed by atoms with Crippen LogP contribution < -0.4 is 0 Å². The Balaban J connectivity index is 1.27. The van der Waals surface area contributed by atoms with E-state index in [9.17, 15) is 0 Å². The van der Waals surface area contributed by atoms with Gasteiger partial charge >= 0.3 is 0 Å². The summed E-state index contributed by atoms with van der Waals surface area (Å²) < 4.78 is 4.86. The molecule has 0 aliphatic carbocycles. The second kappa shape index (κ2) is 12.8. The van der Waals surface area contributed by atoms with Gasteiger partial charge < -0.3 is 9.13 Å². The summed E-state index contributed by atoms with van der Waals surface area (Å²) >= 11 is 0. The van der Waals surface area contributed by atoms with Crippen LogP contribution in [0.25, 0.3) is 77.2 Å². The molecule has 0 radical (unpaired) electrons. The Morgan fingerprint density at radius 2 is 0.941 bits per heavy atom. The molecule has 0 saturated heterocycles. The number of fused-ring (bicyclic) bond motifs is 6. The molecule has 244 valence electrons. The zero-order valence-electron chi connectivity index (χ0n) is 28.9. The van der Waals surface area contributed by atoms with Crippen molar-refractivity contribution >= 4 is 43.6 Å². The van der Waals surface area contributed by atoms with Crippen LogP contribution in [0.2, 0.25) is 0 Å². The van der Waals surface area contributed by atoms with E-state index in [1.54, 1.807) is 0 Å². The first-order chi connectivity index (χ1) is 25.2. The second-order valence-corrected chi connectivity index (χ2v) is 13.4. The van der Waals surface area contributed by atoms with E-state index in [0.29, 0.717) is 0 Å². The standard InChI is InChI=1S/C49H38N2/c1-3-4-7-16-34(2)38-29-39(35-17-8-5-9-18-35)31-41(30-38)51-47-24-15-13-22-43(47)45-28-26-37(33-49(45)51)36-25-27-44-42-21-12-14-23-46(42)50(48(44)32-36)40-19-10-6-11-20-40/h3-34H,1-2H3/b4-3-,16-7-. The van der Waals surface area contributed by atoms with Crippen LogP contribution in [0.15, 0.2) is 188 Å². The maximum Gasteiger partial charge on any atom is 0.0547 e. The van der Waals surface area contributed by atoms with E-state index in [0.717, 1.165) is 0 Å². The van der Waals surface area contributed by atoms with Crippen LogP contribution in [0.5, 0.6) is 0 Å². The minimum Gasteiger partial charge on any atom is -0.309 e. The number of hydrogen-bond acceptors (Lipinski definition) is 0. The fourth-order valence-electron chi connectivity index (χ4n) is 7.71. The molecular formula is C49H38N2. The molecule has 9 rings (SSSR count). The van der Waals surface area contributed by atoms with Gasteiger partial charge in [0.15, 0.2) is 0 Å². The summed E-state index contributed by atoms with van der Waals surface area (Å²) in [6, 6.07) is 60.0. The van der Waals surface area contributed by atoms with Crippen molar-refractivity contribution in [3.8, 4) is 33.6 Å². The highest BCUT2D eigenvalue weighted by molar-refractivity contribution is 6.12. The van der Waals surface area contributed by atoms with Crippen LogP contribution in [0, 0.1) is 0 Å². The lowest BCUT2D eigenvalue weighted by atomic mass is 9.94. The zero-order chi connectivity index (χ0) is 34.3. The number of hydrogen-bond donors (Lipinski definition) is 0. The van der Waals surface area contributed by atoms with Crippen LogP contribution in [-0.2, 0) is 0 Å². The lowest BCUT2D eigenvalue weighted by Gasteiger charge is -2.16. The van der Waals surface area contributed by atoms with Crippen LogP contribution in [0.4, 0.5) is 0 Å². The van der Waals surface area contributed by atoms with Gasteiger partial charge in [0.25, 0.3) is 0 Å². The van der Waals surface area contributed by atoms with E-state index in [4.69, 9.17) is 0 Å². The predicted molar refractivity (Wildman–Crippen MR) is 218 cm³/mol.